The van der Waals surface area contributed by atoms with E-state index in [0.29, 0.717) is 0 Å². The van der Waals surface area contributed by atoms with Crippen molar-refractivity contribution in [3.8, 4) is 0 Å². The Labute approximate surface area is 191 Å². The van der Waals surface area contributed by atoms with E-state index in [2.05, 4.69) is 10.5 Å². The van der Waals surface area contributed by atoms with Crippen molar-refractivity contribution in [2.24, 2.45) is 5.10 Å². The number of carbonyl (C=O) groups excluding carboxylic acids is 1. The molecule has 31 heavy (non-hydrogen) atoms. The first-order chi connectivity index (χ1) is 14.8. The van der Waals surface area contributed by atoms with Gasteiger partial charge in [0.25, 0.3) is 15.9 Å². The lowest BCUT2D eigenvalue weighted by Gasteiger charge is -2.24. The Morgan fingerprint density at radius 3 is 2.45 bits per heavy atom. The lowest BCUT2D eigenvalue weighted by Crippen LogP contribution is -2.39. The molecular formula is C22H19Cl2N3O3S. The molecule has 3 rings (SSSR count). The van der Waals surface area contributed by atoms with E-state index in [1.165, 1.54) is 30.5 Å². The number of benzene rings is 3. The SMILES string of the molecule is Cc1cccc(/C=N/NC(=O)CN(c2cccc(Cl)c2Cl)S(=O)(=O)c2ccccc2)c1. The monoisotopic (exact) mass is 475 g/mol. The minimum Gasteiger partial charge on any atom is -0.271 e. The highest BCUT2D eigenvalue weighted by Gasteiger charge is 2.29. The third kappa shape index (κ3) is 5.64. The van der Waals surface area contributed by atoms with Crippen molar-refractivity contribution in [1.82, 2.24) is 5.43 Å². The molecule has 1 N–H and O–H groups in total. The van der Waals surface area contributed by atoms with E-state index in [0.717, 1.165) is 15.4 Å². The maximum atomic E-state index is 13.3. The van der Waals surface area contributed by atoms with Crippen molar-refractivity contribution < 1.29 is 13.2 Å². The smallest absolute Gasteiger partial charge is 0.264 e. The van der Waals surface area contributed by atoms with Crippen molar-refractivity contribution in [2.45, 2.75) is 11.8 Å². The summed E-state index contributed by atoms with van der Waals surface area (Å²) >= 11 is 12.3. The van der Waals surface area contributed by atoms with Crippen LogP contribution in [0.25, 0.3) is 0 Å². The number of aryl methyl sites for hydroxylation is 1. The Morgan fingerprint density at radius 1 is 1.03 bits per heavy atom. The predicted molar refractivity (Wildman–Crippen MR) is 124 cm³/mol. The second-order valence-corrected chi connectivity index (χ2v) is 9.25. The number of carbonyl (C=O) groups is 1. The zero-order chi connectivity index (χ0) is 22.4. The Hall–Kier alpha value is -2.87. The standard InChI is InChI=1S/C22H19Cl2N3O3S/c1-16-7-5-8-17(13-16)14-25-26-21(28)15-27(20-12-6-11-19(23)22(20)24)31(29,30)18-9-3-2-4-10-18/h2-14H,15H2,1H3,(H,26,28)/b25-14+. The number of amides is 1. The summed E-state index contributed by atoms with van der Waals surface area (Å²) in [5.74, 6) is -0.639. The van der Waals surface area contributed by atoms with Gasteiger partial charge in [0.15, 0.2) is 0 Å². The summed E-state index contributed by atoms with van der Waals surface area (Å²) in [7, 11) is -4.09. The molecule has 0 spiro atoms. The van der Waals surface area contributed by atoms with Gasteiger partial charge in [0, 0.05) is 0 Å². The molecule has 0 aromatic heterocycles. The van der Waals surface area contributed by atoms with Crippen molar-refractivity contribution in [3.63, 3.8) is 0 Å². The number of nitrogens with one attached hydrogen (secondary N) is 1. The molecule has 9 heteroatoms. The Morgan fingerprint density at radius 2 is 1.74 bits per heavy atom. The molecule has 1 amide bonds. The lowest BCUT2D eigenvalue weighted by molar-refractivity contribution is -0.119. The number of hydrazone groups is 1. The first kappa shape index (κ1) is 22.8. The number of rotatable bonds is 7. The van der Waals surface area contributed by atoms with Crippen LogP contribution in [0.1, 0.15) is 11.1 Å². The zero-order valence-corrected chi connectivity index (χ0v) is 18.8. The molecule has 3 aromatic carbocycles. The molecule has 3 aromatic rings. The summed E-state index contributed by atoms with van der Waals surface area (Å²) in [5, 5.41) is 4.12. The Bertz CT molecular complexity index is 1220. The van der Waals surface area contributed by atoms with Crippen LogP contribution < -0.4 is 9.73 Å². The van der Waals surface area contributed by atoms with Crippen LogP contribution in [-0.4, -0.2) is 27.1 Å². The van der Waals surface area contributed by atoms with Crippen molar-refractivity contribution >= 4 is 51.0 Å². The summed E-state index contributed by atoms with van der Waals surface area (Å²) < 4.78 is 27.5. The first-order valence-electron chi connectivity index (χ1n) is 9.19. The maximum absolute atomic E-state index is 13.3. The van der Waals surface area contributed by atoms with Crippen molar-refractivity contribution in [3.05, 3.63) is 94.0 Å². The fraction of sp³-hybridized carbons (Fsp3) is 0.0909. The highest BCUT2D eigenvalue weighted by Crippen LogP contribution is 2.35. The summed E-state index contributed by atoms with van der Waals surface area (Å²) in [5.41, 5.74) is 4.30. The highest BCUT2D eigenvalue weighted by atomic mass is 35.5. The van der Waals surface area contributed by atoms with Crippen LogP contribution in [0.2, 0.25) is 10.0 Å². The van der Waals surface area contributed by atoms with Gasteiger partial charge in [-0.05, 0) is 36.8 Å². The van der Waals surface area contributed by atoms with E-state index in [4.69, 9.17) is 23.2 Å². The van der Waals surface area contributed by atoms with E-state index < -0.39 is 22.5 Å². The quantitative estimate of drug-likeness (QED) is 0.399. The minimum atomic E-state index is -4.09. The molecule has 0 aliphatic heterocycles. The third-order valence-electron chi connectivity index (χ3n) is 4.26. The maximum Gasteiger partial charge on any atom is 0.264 e. The number of sulfonamides is 1. The van der Waals surface area contributed by atoms with Gasteiger partial charge in [-0.2, -0.15) is 5.10 Å². The lowest BCUT2D eigenvalue weighted by atomic mass is 10.2. The largest absolute Gasteiger partial charge is 0.271 e. The molecule has 160 valence electrons. The van der Waals surface area contributed by atoms with E-state index in [1.54, 1.807) is 24.3 Å². The summed E-state index contributed by atoms with van der Waals surface area (Å²) in [6.45, 7) is 1.40. The van der Waals surface area contributed by atoms with Gasteiger partial charge < -0.3 is 0 Å². The van der Waals surface area contributed by atoms with Crippen LogP contribution in [0.4, 0.5) is 5.69 Å². The van der Waals surface area contributed by atoms with Gasteiger partial charge in [0.1, 0.15) is 6.54 Å². The topological polar surface area (TPSA) is 78.8 Å². The molecule has 0 radical (unpaired) electrons. The summed E-state index contributed by atoms with van der Waals surface area (Å²) in [6, 6.07) is 19.9. The fourth-order valence-corrected chi connectivity index (χ4v) is 4.70. The normalized spacial score (nSPS) is 11.5. The minimum absolute atomic E-state index is 0.0158. The third-order valence-corrected chi connectivity index (χ3v) is 6.85. The summed E-state index contributed by atoms with van der Waals surface area (Å²) in [6.07, 6.45) is 1.48. The average molecular weight is 476 g/mol. The van der Waals surface area contributed by atoms with E-state index >= 15 is 0 Å². The van der Waals surface area contributed by atoms with Gasteiger partial charge in [-0.1, -0.05) is 77.3 Å². The fourth-order valence-electron chi connectivity index (χ4n) is 2.80. The Kier molecular flexibility index (Phi) is 7.33. The van der Waals surface area contributed by atoms with Crippen molar-refractivity contribution in [1.29, 1.82) is 0 Å². The van der Waals surface area contributed by atoms with Gasteiger partial charge in [-0.3, -0.25) is 9.10 Å². The van der Waals surface area contributed by atoms with Crippen LogP contribution in [0.5, 0.6) is 0 Å². The molecule has 0 aliphatic rings. The van der Waals surface area contributed by atoms with Crippen LogP contribution in [0.15, 0.2) is 82.8 Å². The van der Waals surface area contributed by atoms with Crippen LogP contribution in [-0.2, 0) is 14.8 Å². The second-order valence-electron chi connectivity index (χ2n) is 6.60. The average Bonchev–Trinajstić information content (AvgIpc) is 2.75. The molecule has 0 unspecified atom stereocenters. The molecular weight excluding hydrogens is 457 g/mol. The van der Waals surface area contributed by atoms with Gasteiger partial charge in [-0.25, -0.2) is 13.8 Å². The summed E-state index contributed by atoms with van der Waals surface area (Å²) in [4.78, 5) is 12.6. The van der Waals surface area contributed by atoms with Crippen molar-refractivity contribution in [2.75, 3.05) is 10.8 Å². The number of hydrogen-bond donors (Lipinski definition) is 1. The Balaban J connectivity index is 1.88. The molecule has 0 fully saturated rings. The number of hydrogen-bond acceptors (Lipinski definition) is 4. The highest BCUT2D eigenvalue weighted by molar-refractivity contribution is 7.92. The van der Waals surface area contributed by atoms with Gasteiger partial charge in [0.2, 0.25) is 0 Å². The van der Waals surface area contributed by atoms with Gasteiger partial charge in [0.05, 0.1) is 26.8 Å². The molecule has 0 saturated carbocycles. The van der Waals surface area contributed by atoms with E-state index in [1.807, 2.05) is 31.2 Å². The van der Waals surface area contributed by atoms with E-state index in [-0.39, 0.29) is 20.6 Å². The van der Waals surface area contributed by atoms with Crippen LogP contribution >= 0.6 is 23.2 Å². The molecule has 6 nitrogen and oxygen atoms in total. The second kappa shape index (κ2) is 9.96. The van der Waals surface area contributed by atoms with Crippen LogP contribution in [0, 0.1) is 6.92 Å². The predicted octanol–water partition coefficient (Wildman–Crippen LogP) is 4.65. The number of anilines is 1. The number of nitrogens with zero attached hydrogens (tertiary/aromatic N) is 2. The number of halogens is 2. The van der Waals surface area contributed by atoms with Crippen LogP contribution in [0.3, 0.4) is 0 Å². The molecule has 0 bridgehead atoms. The molecule has 0 saturated heterocycles. The molecule has 0 aliphatic carbocycles. The zero-order valence-electron chi connectivity index (χ0n) is 16.5. The molecule has 0 heterocycles. The van der Waals surface area contributed by atoms with Gasteiger partial charge >= 0.3 is 0 Å². The first-order valence-corrected chi connectivity index (χ1v) is 11.4. The molecule has 0 atom stereocenters. The van der Waals surface area contributed by atoms with E-state index in [9.17, 15) is 13.2 Å². The van der Waals surface area contributed by atoms with Gasteiger partial charge in [-0.15, -0.1) is 0 Å².